The molecule has 29 heavy (non-hydrogen) atoms. The van der Waals surface area contributed by atoms with Gasteiger partial charge >= 0.3 is 0 Å². The highest BCUT2D eigenvalue weighted by Gasteiger charge is 2.39. The van der Waals surface area contributed by atoms with Crippen LogP contribution in [0.1, 0.15) is 42.4 Å². The fraction of sp³-hybridized carbons (Fsp3) is 0.478. The zero-order valence-electron chi connectivity index (χ0n) is 16.8. The van der Waals surface area contributed by atoms with Crippen molar-refractivity contribution in [2.24, 2.45) is 5.92 Å². The fourth-order valence-electron chi connectivity index (χ4n) is 4.27. The molecule has 156 valence electrons. The Balaban J connectivity index is 1.59. The molecule has 0 spiro atoms. The number of hydrogen-bond donors (Lipinski definition) is 3. The highest BCUT2D eigenvalue weighted by molar-refractivity contribution is 5.41. The van der Waals surface area contributed by atoms with E-state index >= 15 is 0 Å². The lowest BCUT2D eigenvalue weighted by molar-refractivity contribution is -0.276. The molecule has 2 heterocycles. The van der Waals surface area contributed by atoms with Crippen LogP contribution in [0, 0.1) is 5.92 Å². The molecule has 0 saturated carbocycles. The second-order valence-corrected chi connectivity index (χ2v) is 8.19. The van der Waals surface area contributed by atoms with Gasteiger partial charge in [0.2, 0.25) is 0 Å². The number of β-amino-alcohol motifs (C(OH)–C–C–N with tert-alkyl or cyclic N) is 1. The first-order valence-corrected chi connectivity index (χ1v) is 10.3. The summed E-state index contributed by atoms with van der Waals surface area (Å²) in [6.45, 7) is 4.50. The molecule has 2 aromatic carbocycles. The van der Waals surface area contributed by atoms with Crippen LogP contribution in [-0.4, -0.2) is 47.0 Å². The van der Waals surface area contributed by atoms with Crippen molar-refractivity contribution in [3.8, 4) is 0 Å². The van der Waals surface area contributed by atoms with Gasteiger partial charge < -0.3 is 25.4 Å². The molecule has 4 rings (SSSR count). The molecule has 2 aliphatic heterocycles. The van der Waals surface area contributed by atoms with Crippen LogP contribution < -0.4 is 5.73 Å². The maximum atomic E-state index is 9.89. The molecule has 0 amide bonds. The minimum atomic E-state index is -0.505. The van der Waals surface area contributed by atoms with Crippen LogP contribution in [0.15, 0.2) is 48.5 Å². The van der Waals surface area contributed by atoms with Crippen LogP contribution in [0.25, 0.3) is 0 Å². The average molecular weight is 399 g/mol. The monoisotopic (exact) mass is 398 g/mol. The molecule has 0 aliphatic carbocycles. The number of likely N-dealkylation sites (tertiary alicyclic amines) is 1. The van der Waals surface area contributed by atoms with Crippen molar-refractivity contribution in [3.05, 3.63) is 65.2 Å². The van der Waals surface area contributed by atoms with Crippen molar-refractivity contribution in [1.82, 2.24) is 4.90 Å². The number of aliphatic hydroxyl groups is 2. The van der Waals surface area contributed by atoms with Crippen molar-refractivity contribution < 1.29 is 19.7 Å². The fourth-order valence-corrected chi connectivity index (χ4v) is 4.27. The van der Waals surface area contributed by atoms with Crippen LogP contribution in [0.3, 0.4) is 0 Å². The lowest BCUT2D eigenvalue weighted by Gasteiger charge is -2.42. The van der Waals surface area contributed by atoms with Gasteiger partial charge in [0.05, 0.1) is 24.9 Å². The van der Waals surface area contributed by atoms with E-state index in [0.717, 1.165) is 36.2 Å². The quantitative estimate of drug-likeness (QED) is 0.671. The zero-order chi connectivity index (χ0) is 20.4. The van der Waals surface area contributed by atoms with E-state index in [0.29, 0.717) is 12.2 Å². The van der Waals surface area contributed by atoms with Gasteiger partial charge in [-0.05, 0) is 29.7 Å². The smallest absolute Gasteiger partial charge is 0.185 e. The first-order valence-electron chi connectivity index (χ1n) is 10.3. The maximum Gasteiger partial charge on any atom is 0.185 e. The molecule has 6 heteroatoms. The number of nitrogen functional groups attached to an aromatic ring is 1. The van der Waals surface area contributed by atoms with Crippen molar-refractivity contribution >= 4 is 5.69 Å². The molecule has 5 atom stereocenters. The Morgan fingerprint density at radius 1 is 1.10 bits per heavy atom. The maximum absolute atomic E-state index is 9.89. The summed E-state index contributed by atoms with van der Waals surface area (Å²) in [6.07, 6.45) is -0.127. The topological polar surface area (TPSA) is 88.2 Å². The van der Waals surface area contributed by atoms with Crippen molar-refractivity contribution in [3.63, 3.8) is 0 Å². The van der Waals surface area contributed by atoms with E-state index in [1.54, 1.807) is 0 Å². The Morgan fingerprint density at radius 3 is 2.55 bits per heavy atom. The minimum Gasteiger partial charge on any atom is -0.399 e. The summed E-state index contributed by atoms with van der Waals surface area (Å²) in [5, 5.41) is 19.2. The predicted molar refractivity (Wildman–Crippen MR) is 111 cm³/mol. The largest absolute Gasteiger partial charge is 0.399 e. The molecule has 0 unspecified atom stereocenters. The standard InChI is InChI=1S/C23H30N2O4/c1-15-21(13-25-10-9-20(27)12-25)28-23(18-3-2-4-19(24)11-18)29-22(15)17-7-5-16(14-26)6-8-17/h2-8,11,15,20-23,26-27H,9-10,12-14,24H2,1H3/t15-,20+,21+,22+,23+/m1/s1. The molecule has 4 N–H and O–H groups in total. The van der Waals surface area contributed by atoms with Gasteiger partial charge in [-0.25, -0.2) is 0 Å². The Bertz CT molecular complexity index is 813. The Hall–Kier alpha value is -1.96. The van der Waals surface area contributed by atoms with E-state index in [2.05, 4.69) is 11.8 Å². The summed E-state index contributed by atoms with van der Waals surface area (Å²) in [5.74, 6) is 0.130. The summed E-state index contributed by atoms with van der Waals surface area (Å²) >= 11 is 0. The van der Waals surface area contributed by atoms with Crippen molar-refractivity contribution in [2.75, 3.05) is 25.4 Å². The lowest BCUT2D eigenvalue weighted by Crippen LogP contribution is -2.44. The van der Waals surface area contributed by atoms with E-state index in [1.807, 2.05) is 48.5 Å². The van der Waals surface area contributed by atoms with E-state index in [9.17, 15) is 10.2 Å². The molecule has 6 nitrogen and oxygen atoms in total. The number of nitrogens with zero attached hydrogens (tertiary/aromatic N) is 1. The van der Waals surface area contributed by atoms with Gasteiger partial charge in [0.15, 0.2) is 6.29 Å². The van der Waals surface area contributed by atoms with Crippen LogP contribution >= 0.6 is 0 Å². The number of ether oxygens (including phenoxy) is 2. The number of anilines is 1. The first kappa shape index (κ1) is 20.3. The molecule has 2 saturated heterocycles. The number of aliphatic hydroxyl groups excluding tert-OH is 2. The number of rotatable bonds is 5. The van der Waals surface area contributed by atoms with E-state index in [1.165, 1.54) is 0 Å². The highest BCUT2D eigenvalue weighted by atomic mass is 16.7. The molecular weight excluding hydrogens is 368 g/mol. The van der Waals surface area contributed by atoms with Crippen LogP contribution in [-0.2, 0) is 16.1 Å². The molecular formula is C23H30N2O4. The molecule has 2 aromatic rings. The van der Waals surface area contributed by atoms with Gasteiger partial charge in [0, 0.05) is 36.8 Å². The molecule has 0 radical (unpaired) electrons. The predicted octanol–water partition coefficient (Wildman–Crippen LogP) is 2.62. The van der Waals surface area contributed by atoms with Gasteiger partial charge in [-0.3, -0.25) is 4.90 Å². The van der Waals surface area contributed by atoms with Crippen LogP contribution in [0.2, 0.25) is 0 Å². The summed E-state index contributed by atoms with van der Waals surface area (Å²) < 4.78 is 12.8. The van der Waals surface area contributed by atoms with Gasteiger partial charge in [0.25, 0.3) is 0 Å². The highest BCUT2D eigenvalue weighted by Crippen LogP contribution is 2.42. The van der Waals surface area contributed by atoms with Crippen LogP contribution in [0.5, 0.6) is 0 Å². The summed E-state index contributed by atoms with van der Waals surface area (Å²) in [5.41, 5.74) is 9.51. The minimum absolute atomic E-state index is 0.0241. The van der Waals surface area contributed by atoms with Crippen LogP contribution in [0.4, 0.5) is 5.69 Å². The normalized spacial score (nSPS) is 30.5. The second-order valence-electron chi connectivity index (χ2n) is 8.19. The van der Waals surface area contributed by atoms with Gasteiger partial charge in [-0.2, -0.15) is 0 Å². The van der Waals surface area contributed by atoms with Crippen molar-refractivity contribution in [2.45, 2.75) is 44.6 Å². The van der Waals surface area contributed by atoms with Gasteiger partial charge in [-0.15, -0.1) is 0 Å². The SMILES string of the molecule is C[C@@H]1[C@H](CN2CC[C@H](O)C2)O[C@H](c2cccc(N)c2)O[C@@H]1c1ccc(CO)cc1. The molecule has 2 fully saturated rings. The van der Waals surface area contributed by atoms with E-state index in [4.69, 9.17) is 15.2 Å². The number of nitrogens with two attached hydrogens (primary N) is 1. The third kappa shape index (κ3) is 4.63. The van der Waals surface area contributed by atoms with Gasteiger partial charge in [0.1, 0.15) is 0 Å². The Morgan fingerprint density at radius 2 is 1.90 bits per heavy atom. The average Bonchev–Trinajstić information content (AvgIpc) is 3.14. The van der Waals surface area contributed by atoms with Crippen molar-refractivity contribution in [1.29, 1.82) is 0 Å². The lowest BCUT2D eigenvalue weighted by atomic mass is 9.90. The molecule has 2 aliphatic rings. The second kappa shape index (κ2) is 8.81. The Kier molecular flexibility index (Phi) is 6.18. The first-order chi connectivity index (χ1) is 14.0. The molecule has 0 aromatic heterocycles. The Labute approximate surface area is 171 Å². The number of hydrogen-bond acceptors (Lipinski definition) is 6. The summed E-state index contributed by atoms with van der Waals surface area (Å²) in [7, 11) is 0. The van der Waals surface area contributed by atoms with Gasteiger partial charge in [-0.1, -0.05) is 43.3 Å². The third-order valence-electron chi connectivity index (χ3n) is 5.99. The zero-order valence-corrected chi connectivity index (χ0v) is 16.8. The third-order valence-corrected chi connectivity index (χ3v) is 5.99. The molecule has 0 bridgehead atoms. The number of benzene rings is 2. The van der Waals surface area contributed by atoms with E-state index in [-0.39, 0.29) is 30.8 Å². The van der Waals surface area contributed by atoms with E-state index < -0.39 is 6.29 Å². The summed E-state index contributed by atoms with van der Waals surface area (Å²) in [6, 6.07) is 15.5. The summed E-state index contributed by atoms with van der Waals surface area (Å²) in [4.78, 5) is 2.26.